The zero-order chi connectivity index (χ0) is 10.7. The summed E-state index contributed by atoms with van der Waals surface area (Å²) >= 11 is 0. The minimum absolute atomic E-state index is 0. The summed E-state index contributed by atoms with van der Waals surface area (Å²) in [5.41, 5.74) is 0.285. The molecule has 1 aliphatic heterocycles. The topological polar surface area (TPSA) is 52.6 Å². The predicted octanol–water partition coefficient (Wildman–Crippen LogP) is -3.11. The number of hydrogen-bond donors (Lipinski definition) is 0. The van der Waals surface area contributed by atoms with Crippen LogP contribution in [-0.4, -0.2) is 36.9 Å². The van der Waals surface area contributed by atoms with Gasteiger partial charge in [0.25, 0.3) is 0 Å². The van der Waals surface area contributed by atoms with Crippen LogP contribution in [0.1, 0.15) is 20.3 Å². The Kier molecular flexibility index (Phi) is 6.52. The average molecular weight is 221 g/mol. The number of carbonyl (C=O) groups excluding carboxylic acids is 1. The van der Waals surface area contributed by atoms with E-state index in [1.807, 2.05) is 13.8 Å². The van der Waals surface area contributed by atoms with Gasteiger partial charge in [0.15, 0.2) is 5.78 Å². The Hall–Kier alpha value is -0.0300. The van der Waals surface area contributed by atoms with Gasteiger partial charge in [-0.05, 0) is 21.0 Å². The first-order valence-corrected chi connectivity index (χ1v) is 4.77. The van der Waals surface area contributed by atoms with Gasteiger partial charge in [-0.15, -0.1) is 0 Å². The Morgan fingerprint density at radius 3 is 2.60 bits per heavy atom. The second-order valence-electron chi connectivity index (χ2n) is 3.71. The number of rotatable bonds is 2. The maximum atomic E-state index is 11.4. The van der Waals surface area contributed by atoms with Crippen LogP contribution in [0.5, 0.6) is 0 Å². The van der Waals surface area contributed by atoms with E-state index in [9.17, 15) is 9.90 Å². The number of hydrogen-bond acceptors (Lipinski definition) is 4. The number of piperidine rings is 1. The third-order valence-electron chi connectivity index (χ3n) is 2.49. The standard InChI is InChI=1S/C10H17NO3.Na/c1-7(2)11-5-4-9(12)8(6-11)10(13)14-3;/h7,13H,4-6H2,1-3H3;/q;+1/p-1/b10-8+;. The van der Waals surface area contributed by atoms with Gasteiger partial charge in [0.2, 0.25) is 0 Å². The second kappa shape index (κ2) is 6.53. The van der Waals surface area contributed by atoms with Crippen LogP contribution in [0.15, 0.2) is 11.5 Å². The second-order valence-corrected chi connectivity index (χ2v) is 3.71. The maximum Gasteiger partial charge on any atom is 1.00 e. The van der Waals surface area contributed by atoms with E-state index in [1.54, 1.807) is 0 Å². The molecule has 0 bridgehead atoms. The van der Waals surface area contributed by atoms with E-state index >= 15 is 0 Å². The molecule has 15 heavy (non-hydrogen) atoms. The Balaban J connectivity index is 0.00000196. The quantitative estimate of drug-likeness (QED) is 0.281. The molecule has 4 nitrogen and oxygen atoms in total. The van der Waals surface area contributed by atoms with Gasteiger partial charge in [0.05, 0.1) is 5.95 Å². The summed E-state index contributed by atoms with van der Waals surface area (Å²) in [6, 6.07) is 0.350. The monoisotopic (exact) mass is 221 g/mol. The van der Waals surface area contributed by atoms with Gasteiger partial charge in [-0.3, -0.25) is 9.69 Å². The van der Waals surface area contributed by atoms with E-state index in [-0.39, 0.29) is 40.9 Å². The molecular weight excluding hydrogens is 205 g/mol. The number of methoxy groups -OCH3 is 1. The minimum atomic E-state index is -0.486. The van der Waals surface area contributed by atoms with E-state index in [0.29, 0.717) is 19.0 Å². The summed E-state index contributed by atoms with van der Waals surface area (Å²) in [5, 5.41) is 11.2. The van der Waals surface area contributed by atoms with Crippen molar-refractivity contribution >= 4 is 5.78 Å². The number of Topliss-reactive ketones (excluding diaryl/α,β-unsaturated/α-hetero) is 1. The summed E-state index contributed by atoms with van der Waals surface area (Å²) in [4.78, 5) is 13.5. The third-order valence-corrected chi connectivity index (χ3v) is 2.49. The van der Waals surface area contributed by atoms with Crippen molar-refractivity contribution < 1.29 is 44.2 Å². The van der Waals surface area contributed by atoms with Crippen molar-refractivity contribution in [3.63, 3.8) is 0 Å². The molecular formula is C10H16NNaO3. The van der Waals surface area contributed by atoms with E-state index in [2.05, 4.69) is 9.64 Å². The molecule has 1 fully saturated rings. The van der Waals surface area contributed by atoms with Crippen molar-refractivity contribution in [3.05, 3.63) is 11.5 Å². The molecule has 0 spiro atoms. The zero-order valence-corrected chi connectivity index (χ0v) is 11.9. The summed E-state index contributed by atoms with van der Waals surface area (Å²) in [6.07, 6.45) is 0.419. The number of nitrogens with zero attached hydrogens (tertiary/aromatic N) is 1. The van der Waals surface area contributed by atoms with Gasteiger partial charge in [-0.25, -0.2) is 0 Å². The molecule has 0 saturated carbocycles. The Bertz CT molecular complexity index is 263. The molecule has 0 aliphatic carbocycles. The van der Waals surface area contributed by atoms with E-state index in [1.165, 1.54) is 7.11 Å². The van der Waals surface area contributed by atoms with Gasteiger partial charge < -0.3 is 9.84 Å². The molecule has 0 atom stereocenters. The van der Waals surface area contributed by atoms with Crippen LogP contribution >= 0.6 is 0 Å². The van der Waals surface area contributed by atoms with Gasteiger partial charge in [0.1, 0.15) is 0 Å². The molecule has 0 radical (unpaired) electrons. The molecule has 0 N–H and O–H groups in total. The van der Waals surface area contributed by atoms with Crippen LogP contribution in [-0.2, 0) is 9.53 Å². The molecule has 1 heterocycles. The van der Waals surface area contributed by atoms with Crippen molar-refractivity contribution in [1.82, 2.24) is 4.90 Å². The summed E-state index contributed by atoms with van der Waals surface area (Å²) in [7, 11) is 1.30. The number of likely N-dealkylation sites (tertiary alicyclic amines) is 1. The van der Waals surface area contributed by atoms with Crippen LogP contribution in [0.2, 0.25) is 0 Å². The van der Waals surface area contributed by atoms with E-state index in [4.69, 9.17) is 0 Å². The van der Waals surface area contributed by atoms with Crippen molar-refractivity contribution in [2.45, 2.75) is 26.3 Å². The van der Waals surface area contributed by atoms with Crippen molar-refractivity contribution in [2.24, 2.45) is 0 Å². The number of carbonyl (C=O) groups is 1. The predicted molar refractivity (Wildman–Crippen MR) is 50.4 cm³/mol. The fourth-order valence-corrected chi connectivity index (χ4v) is 1.51. The van der Waals surface area contributed by atoms with Gasteiger partial charge >= 0.3 is 29.6 Å². The largest absolute Gasteiger partial charge is 1.00 e. The molecule has 80 valence electrons. The maximum absolute atomic E-state index is 11.4. The Morgan fingerprint density at radius 1 is 1.53 bits per heavy atom. The Morgan fingerprint density at radius 2 is 2.13 bits per heavy atom. The fraction of sp³-hybridized carbons (Fsp3) is 0.700. The van der Waals surface area contributed by atoms with Gasteiger partial charge in [-0.2, -0.15) is 0 Å². The molecule has 0 aromatic heterocycles. The minimum Gasteiger partial charge on any atom is -0.616 e. The molecule has 1 saturated heterocycles. The van der Waals surface area contributed by atoms with Crippen molar-refractivity contribution in [3.8, 4) is 0 Å². The van der Waals surface area contributed by atoms with Crippen LogP contribution < -0.4 is 34.7 Å². The van der Waals surface area contributed by atoms with Gasteiger partial charge in [0, 0.05) is 31.1 Å². The van der Waals surface area contributed by atoms with E-state index < -0.39 is 5.95 Å². The summed E-state index contributed by atoms with van der Waals surface area (Å²) in [6.45, 7) is 5.25. The molecule has 0 amide bonds. The van der Waals surface area contributed by atoms with Crippen LogP contribution in [0.4, 0.5) is 0 Å². The fourth-order valence-electron chi connectivity index (χ4n) is 1.51. The van der Waals surface area contributed by atoms with Crippen molar-refractivity contribution in [2.75, 3.05) is 20.2 Å². The molecule has 5 heteroatoms. The van der Waals surface area contributed by atoms with Crippen molar-refractivity contribution in [1.29, 1.82) is 0 Å². The SMILES string of the molecule is CO/C([O-])=C1\CN(C(C)C)CCC1=O.[Na+]. The van der Waals surface area contributed by atoms with Gasteiger partial charge in [-0.1, -0.05) is 0 Å². The van der Waals surface area contributed by atoms with Crippen LogP contribution in [0.3, 0.4) is 0 Å². The smallest absolute Gasteiger partial charge is 0.616 e. The molecule has 1 rings (SSSR count). The first-order valence-electron chi connectivity index (χ1n) is 4.77. The van der Waals surface area contributed by atoms with Crippen LogP contribution in [0, 0.1) is 0 Å². The summed E-state index contributed by atoms with van der Waals surface area (Å²) < 4.78 is 4.56. The van der Waals surface area contributed by atoms with E-state index in [0.717, 1.165) is 6.54 Å². The summed E-state index contributed by atoms with van der Waals surface area (Å²) in [5.74, 6) is -0.561. The Labute approximate surface area is 113 Å². The molecule has 0 aromatic carbocycles. The molecule has 0 aromatic rings. The average Bonchev–Trinajstić information content (AvgIpc) is 2.17. The first kappa shape index (κ1) is 15.0. The number of ether oxygens (including phenoxy) is 1. The van der Waals surface area contributed by atoms with Crippen LogP contribution in [0.25, 0.3) is 0 Å². The number of ketones is 1. The molecule has 0 unspecified atom stereocenters. The normalized spacial score (nSPS) is 21.2. The molecule has 1 aliphatic rings. The third kappa shape index (κ3) is 3.79. The zero-order valence-electron chi connectivity index (χ0n) is 9.87. The first-order chi connectivity index (χ1) is 6.56.